The number of phenols is 1. The third-order valence-corrected chi connectivity index (χ3v) is 4.52. The normalized spacial score (nSPS) is 12.0. The van der Waals surface area contributed by atoms with Crippen LogP contribution in [-0.4, -0.2) is 24.2 Å². The van der Waals surface area contributed by atoms with Crippen LogP contribution in [0.25, 0.3) is 0 Å². The predicted octanol–water partition coefficient (Wildman–Crippen LogP) is 2.31. The van der Waals surface area contributed by atoms with Crippen molar-refractivity contribution in [3.8, 4) is 5.75 Å². The Balaban J connectivity index is 2.32. The summed E-state index contributed by atoms with van der Waals surface area (Å²) in [6.45, 7) is 3.04. The first kappa shape index (κ1) is 17.4. The lowest BCUT2D eigenvalue weighted by Gasteiger charge is -2.07. The Bertz CT molecular complexity index is 922. The maximum absolute atomic E-state index is 12.2. The minimum Gasteiger partial charge on any atom is -0.507 e. The van der Waals surface area contributed by atoms with E-state index >= 15 is 0 Å². The van der Waals surface area contributed by atoms with E-state index in [1.165, 1.54) is 32.0 Å². The minimum atomic E-state index is -4.07. The van der Waals surface area contributed by atoms with Gasteiger partial charge in [-0.2, -0.15) is 18.4 Å². The van der Waals surface area contributed by atoms with Crippen LogP contribution in [0.4, 0.5) is 5.69 Å². The molecule has 0 radical (unpaired) electrons. The second-order valence-electron chi connectivity index (χ2n) is 5.01. The van der Waals surface area contributed by atoms with E-state index in [2.05, 4.69) is 5.10 Å². The van der Waals surface area contributed by atoms with Crippen molar-refractivity contribution in [3.63, 3.8) is 0 Å². The average Bonchev–Trinajstić information content (AvgIpc) is 2.53. The van der Waals surface area contributed by atoms with Crippen molar-refractivity contribution in [2.45, 2.75) is 18.7 Å². The van der Waals surface area contributed by atoms with Gasteiger partial charge >= 0.3 is 0 Å². The molecule has 0 heterocycles. The molecule has 0 aliphatic heterocycles. The smallest absolute Gasteiger partial charge is 0.276 e. The molecule has 0 spiro atoms. The maximum atomic E-state index is 12.2. The Morgan fingerprint density at radius 2 is 1.92 bits per heavy atom. The molecular weight excluding hydrogens is 334 g/mol. The van der Waals surface area contributed by atoms with Crippen LogP contribution in [0.5, 0.6) is 5.75 Å². The van der Waals surface area contributed by atoms with Crippen molar-refractivity contribution >= 4 is 21.4 Å². The second-order valence-corrected chi connectivity index (χ2v) is 6.68. The molecule has 2 aromatic rings. The van der Waals surface area contributed by atoms with Crippen LogP contribution in [0.15, 0.2) is 52.5 Å². The number of hydrogen-bond donors (Lipinski definition) is 2. The highest BCUT2D eigenvalue weighted by molar-refractivity contribution is 7.89. The lowest BCUT2D eigenvalue weighted by atomic mass is 10.1. The molecule has 2 N–H and O–H groups in total. The van der Waals surface area contributed by atoms with Gasteiger partial charge in [0.15, 0.2) is 0 Å². The highest BCUT2D eigenvalue weighted by Crippen LogP contribution is 2.22. The topological polar surface area (TPSA) is 122 Å². The van der Waals surface area contributed by atoms with E-state index in [4.69, 9.17) is 0 Å². The van der Waals surface area contributed by atoms with Gasteiger partial charge in [-0.15, -0.1) is 0 Å². The molecule has 0 saturated carbocycles. The number of aromatic hydroxyl groups is 1. The first-order valence-electron chi connectivity index (χ1n) is 6.82. The average molecular weight is 349 g/mol. The zero-order valence-electron chi connectivity index (χ0n) is 12.9. The molecule has 0 unspecified atom stereocenters. The van der Waals surface area contributed by atoms with Gasteiger partial charge in [-0.25, -0.2) is 0 Å². The number of hydrogen-bond acceptors (Lipinski definition) is 6. The molecule has 0 aliphatic rings. The van der Waals surface area contributed by atoms with Gasteiger partial charge in [-0.3, -0.25) is 10.1 Å². The van der Waals surface area contributed by atoms with E-state index < -0.39 is 14.9 Å². The van der Waals surface area contributed by atoms with Gasteiger partial charge in [-0.1, -0.05) is 18.2 Å². The standard InChI is InChI=1S/C15H15N3O5S/c1-10-7-8-12(9-14(10)18(20)21)24(22,23)17-16-11(2)13-5-3-4-6-15(13)19/h3-9,17,19H,1-2H3. The third-order valence-electron chi connectivity index (χ3n) is 3.31. The molecule has 0 bridgehead atoms. The van der Waals surface area contributed by atoms with Crippen molar-refractivity contribution in [1.29, 1.82) is 0 Å². The van der Waals surface area contributed by atoms with E-state index in [1.54, 1.807) is 18.2 Å². The number of phenolic OH excluding ortho intramolecular Hbond substituents is 1. The Hall–Kier alpha value is -2.94. The number of para-hydroxylation sites is 1. The van der Waals surface area contributed by atoms with Gasteiger partial charge in [0.1, 0.15) is 5.75 Å². The summed E-state index contributed by atoms with van der Waals surface area (Å²) in [6, 6.07) is 9.92. The van der Waals surface area contributed by atoms with Crippen LogP contribution in [-0.2, 0) is 10.0 Å². The fraction of sp³-hybridized carbons (Fsp3) is 0.133. The van der Waals surface area contributed by atoms with Crippen LogP contribution >= 0.6 is 0 Å². The van der Waals surface area contributed by atoms with Gasteiger partial charge in [-0.05, 0) is 32.0 Å². The quantitative estimate of drug-likeness (QED) is 0.487. The number of hydrazone groups is 1. The van der Waals surface area contributed by atoms with Crippen LogP contribution < -0.4 is 4.83 Å². The Morgan fingerprint density at radius 3 is 2.54 bits per heavy atom. The largest absolute Gasteiger partial charge is 0.507 e. The molecular formula is C15H15N3O5S. The molecule has 0 amide bonds. The number of nitrogens with one attached hydrogen (secondary N) is 1. The summed E-state index contributed by atoms with van der Waals surface area (Å²) >= 11 is 0. The first-order chi connectivity index (χ1) is 11.2. The molecule has 0 aromatic heterocycles. The predicted molar refractivity (Wildman–Crippen MR) is 88.5 cm³/mol. The van der Waals surface area contributed by atoms with Crippen molar-refractivity contribution in [2.75, 3.05) is 0 Å². The summed E-state index contributed by atoms with van der Waals surface area (Å²) in [5.41, 5.74) is 0.681. The van der Waals surface area contributed by atoms with E-state index in [0.29, 0.717) is 11.1 Å². The Morgan fingerprint density at radius 1 is 1.25 bits per heavy atom. The number of benzene rings is 2. The summed E-state index contributed by atoms with van der Waals surface area (Å²) < 4.78 is 24.5. The lowest BCUT2D eigenvalue weighted by Crippen LogP contribution is -2.20. The molecule has 0 atom stereocenters. The van der Waals surface area contributed by atoms with Gasteiger partial charge in [0.2, 0.25) is 0 Å². The van der Waals surface area contributed by atoms with E-state index in [0.717, 1.165) is 6.07 Å². The maximum Gasteiger partial charge on any atom is 0.276 e. The number of sulfonamides is 1. The molecule has 24 heavy (non-hydrogen) atoms. The number of rotatable bonds is 5. The summed E-state index contributed by atoms with van der Waals surface area (Å²) in [4.78, 5) is 12.0. The minimum absolute atomic E-state index is 0.0380. The van der Waals surface area contributed by atoms with Crippen LogP contribution in [0, 0.1) is 17.0 Å². The molecule has 0 aliphatic carbocycles. The van der Waals surface area contributed by atoms with Crippen molar-refractivity contribution in [2.24, 2.45) is 5.10 Å². The third kappa shape index (κ3) is 3.69. The number of nitro benzene ring substituents is 1. The summed E-state index contributed by atoms with van der Waals surface area (Å²) in [5.74, 6) is -0.0380. The fourth-order valence-corrected chi connectivity index (χ4v) is 2.85. The molecule has 0 fully saturated rings. The molecule has 126 valence electrons. The molecule has 2 rings (SSSR count). The summed E-state index contributed by atoms with van der Waals surface area (Å²) in [6.07, 6.45) is 0. The first-order valence-corrected chi connectivity index (χ1v) is 8.30. The lowest BCUT2D eigenvalue weighted by molar-refractivity contribution is -0.385. The van der Waals surface area contributed by atoms with Crippen LogP contribution in [0.3, 0.4) is 0 Å². The van der Waals surface area contributed by atoms with Gasteiger partial charge in [0.05, 0.1) is 15.5 Å². The highest BCUT2D eigenvalue weighted by Gasteiger charge is 2.19. The zero-order chi connectivity index (χ0) is 17.9. The molecule has 8 nitrogen and oxygen atoms in total. The number of nitrogens with zero attached hydrogens (tertiary/aromatic N) is 2. The molecule has 9 heteroatoms. The van der Waals surface area contributed by atoms with Crippen molar-refractivity contribution < 1.29 is 18.4 Å². The Kier molecular flexibility index (Phi) is 4.84. The summed E-state index contributed by atoms with van der Waals surface area (Å²) in [5, 5.41) is 24.4. The zero-order valence-corrected chi connectivity index (χ0v) is 13.7. The van der Waals surface area contributed by atoms with Gasteiger partial charge in [0, 0.05) is 17.2 Å². The van der Waals surface area contributed by atoms with Crippen LogP contribution in [0.2, 0.25) is 0 Å². The van der Waals surface area contributed by atoms with E-state index in [1.807, 2.05) is 4.83 Å². The molecule has 2 aromatic carbocycles. The summed E-state index contributed by atoms with van der Waals surface area (Å²) in [7, 11) is -4.07. The number of aryl methyl sites for hydroxylation is 1. The second kappa shape index (κ2) is 6.67. The monoisotopic (exact) mass is 349 g/mol. The van der Waals surface area contributed by atoms with Gasteiger partial charge in [0.25, 0.3) is 15.7 Å². The van der Waals surface area contributed by atoms with E-state index in [9.17, 15) is 23.6 Å². The van der Waals surface area contributed by atoms with Crippen molar-refractivity contribution in [1.82, 2.24) is 4.83 Å². The van der Waals surface area contributed by atoms with E-state index in [-0.39, 0.29) is 22.0 Å². The Labute approximate surface area is 138 Å². The SMILES string of the molecule is CC(=NNS(=O)(=O)c1ccc(C)c([N+](=O)[O-])c1)c1ccccc1O. The number of nitro groups is 1. The van der Waals surface area contributed by atoms with Crippen LogP contribution in [0.1, 0.15) is 18.1 Å². The van der Waals surface area contributed by atoms with Gasteiger partial charge < -0.3 is 5.11 Å². The fourth-order valence-electron chi connectivity index (χ4n) is 1.97. The van der Waals surface area contributed by atoms with Crippen molar-refractivity contribution in [3.05, 3.63) is 63.7 Å². The molecule has 0 saturated heterocycles. The highest BCUT2D eigenvalue weighted by atomic mass is 32.2.